The van der Waals surface area contributed by atoms with Gasteiger partial charge in [-0.2, -0.15) is 0 Å². The van der Waals surface area contributed by atoms with Gasteiger partial charge in [0.15, 0.2) is 0 Å². The summed E-state index contributed by atoms with van der Waals surface area (Å²) in [6.45, 7) is 9.90. The van der Waals surface area contributed by atoms with Crippen LogP contribution in [-0.4, -0.2) is 77.1 Å². The number of hydrogen-bond donors (Lipinski definition) is 5. The van der Waals surface area contributed by atoms with Gasteiger partial charge in [0.2, 0.25) is 23.5 Å². The lowest BCUT2D eigenvalue weighted by molar-refractivity contribution is -0.145. The molecule has 1 aliphatic heterocycles. The summed E-state index contributed by atoms with van der Waals surface area (Å²) in [5.74, 6) is -0.683. The summed E-state index contributed by atoms with van der Waals surface area (Å²) >= 11 is 0. The molecule has 4 fully saturated rings. The van der Waals surface area contributed by atoms with Crippen molar-refractivity contribution in [2.75, 3.05) is 13.1 Å². The Hall–Kier alpha value is -3.62. The van der Waals surface area contributed by atoms with Gasteiger partial charge < -0.3 is 31.9 Å². The highest BCUT2D eigenvalue weighted by atomic mass is 16.2. The SMILES string of the molecule is C#CCNC(=O)C1(NC(=O)N[C@H](C(=O)N2C[C@H]3[C@@H]([C@H]2C(=O)NC(CC2CC2)C(=O)C(N)=O)C3(C)C)C(C)(C)C)CCCCC1. The fraction of sp³-hybridized carbons (Fsp3) is 0.750. The maximum Gasteiger partial charge on any atom is 0.316 e. The lowest BCUT2D eigenvalue weighted by Gasteiger charge is -2.40. The van der Waals surface area contributed by atoms with Gasteiger partial charge in [-0.25, -0.2) is 4.79 Å². The molecule has 0 spiro atoms. The summed E-state index contributed by atoms with van der Waals surface area (Å²) in [4.78, 5) is 80.5. The lowest BCUT2D eigenvalue weighted by Crippen LogP contribution is -2.65. The minimum absolute atomic E-state index is 0.0383. The van der Waals surface area contributed by atoms with Gasteiger partial charge in [0.1, 0.15) is 17.6 Å². The number of nitrogens with zero attached hydrogens (tertiary/aromatic N) is 1. The molecule has 0 aromatic carbocycles. The third-order valence-corrected chi connectivity index (χ3v) is 10.1. The van der Waals surface area contributed by atoms with Crippen molar-refractivity contribution in [1.82, 2.24) is 26.2 Å². The molecular formula is C32H48N6O6. The predicted molar refractivity (Wildman–Crippen MR) is 162 cm³/mol. The van der Waals surface area contributed by atoms with Gasteiger partial charge in [-0.1, -0.05) is 72.6 Å². The Balaban J connectivity index is 1.53. The molecule has 1 unspecified atom stereocenters. The Morgan fingerprint density at radius 3 is 2.20 bits per heavy atom. The number of nitrogens with one attached hydrogen (secondary N) is 4. The van der Waals surface area contributed by atoms with E-state index in [0.717, 1.165) is 32.1 Å². The summed E-state index contributed by atoms with van der Waals surface area (Å²) in [6, 6.07) is -3.60. The van der Waals surface area contributed by atoms with E-state index in [9.17, 15) is 28.8 Å². The van der Waals surface area contributed by atoms with E-state index >= 15 is 0 Å². The maximum atomic E-state index is 14.2. The number of carbonyl (C=O) groups is 6. The number of fused-ring (bicyclic) bond motifs is 1. The molecule has 3 aliphatic carbocycles. The molecule has 242 valence electrons. The normalized spacial score (nSPS) is 26.2. The Morgan fingerprint density at radius 1 is 1.02 bits per heavy atom. The third kappa shape index (κ3) is 6.87. The molecule has 1 heterocycles. The number of terminal acetylenes is 1. The van der Waals surface area contributed by atoms with E-state index in [1.165, 1.54) is 4.90 Å². The van der Waals surface area contributed by atoms with Crippen LogP contribution in [0.4, 0.5) is 4.79 Å². The van der Waals surface area contributed by atoms with Crippen molar-refractivity contribution in [2.24, 2.45) is 34.3 Å². The van der Waals surface area contributed by atoms with Crippen LogP contribution in [0.2, 0.25) is 0 Å². The number of urea groups is 1. The van der Waals surface area contributed by atoms with Crippen molar-refractivity contribution < 1.29 is 28.8 Å². The minimum atomic E-state index is -1.14. The fourth-order valence-corrected chi connectivity index (χ4v) is 7.22. The molecule has 0 aromatic rings. The molecule has 0 bridgehead atoms. The smallest absolute Gasteiger partial charge is 0.316 e. The Bertz CT molecular complexity index is 1240. The second kappa shape index (κ2) is 12.4. The van der Waals surface area contributed by atoms with E-state index in [1.54, 1.807) is 0 Å². The molecular weight excluding hydrogens is 564 g/mol. The first-order valence-electron chi connectivity index (χ1n) is 15.8. The standard InChI is InChI=1S/C32H48N6O6/c1-7-15-34-28(43)32(13-9-8-10-14-32)37-29(44)36-24(30(2,3)4)27(42)38-17-19-21(31(19,5)6)22(38)26(41)35-20(16-18-11-12-18)23(39)25(33)40/h1,18-22,24H,8-17H2,2-6H3,(H2,33,40)(H,34,43)(H,35,41)(H2,36,37,44)/t19-,20?,21-,22-,24+/m0/s1. The first kappa shape index (κ1) is 33.3. The predicted octanol–water partition coefficient (Wildman–Crippen LogP) is 0.975. The van der Waals surface area contributed by atoms with Crippen LogP contribution >= 0.6 is 0 Å². The van der Waals surface area contributed by atoms with Gasteiger partial charge in [-0.15, -0.1) is 6.42 Å². The second-order valence-electron chi connectivity index (χ2n) is 14.8. The van der Waals surface area contributed by atoms with Crippen molar-refractivity contribution in [2.45, 2.75) is 110 Å². The van der Waals surface area contributed by atoms with E-state index in [2.05, 4.69) is 27.2 Å². The van der Waals surface area contributed by atoms with Gasteiger partial charge in [0, 0.05) is 6.54 Å². The highest BCUT2D eigenvalue weighted by Gasteiger charge is 2.70. The van der Waals surface area contributed by atoms with Crippen LogP contribution in [0, 0.1) is 40.9 Å². The van der Waals surface area contributed by atoms with Crippen LogP contribution in [0.25, 0.3) is 0 Å². The van der Waals surface area contributed by atoms with E-state index in [-0.39, 0.29) is 35.6 Å². The number of likely N-dealkylation sites (tertiary alicyclic amines) is 1. The number of hydrogen-bond acceptors (Lipinski definition) is 6. The molecule has 12 nitrogen and oxygen atoms in total. The molecule has 1 saturated heterocycles. The molecule has 4 aliphatic rings. The lowest BCUT2D eigenvalue weighted by atomic mass is 9.80. The van der Waals surface area contributed by atoms with Crippen LogP contribution < -0.4 is 27.0 Å². The summed E-state index contributed by atoms with van der Waals surface area (Å²) in [7, 11) is 0. The molecule has 44 heavy (non-hydrogen) atoms. The zero-order valence-electron chi connectivity index (χ0n) is 26.6. The highest BCUT2D eigenvalue weighted by molar-refractivity contribution is 6.37. The minimum Gasteiger partial charge on any atom is -0.363 e. The summed E-state index contributed by atoms with van der Waals surface area (Å²) in [5, 5.41) is 11.1. The number of carbonyl (C=O) groups excluding carboxylic acids is 6. The van der Waals surface area contributed by atoms with Crippen LogP contribution in [-0.2, 0) is 24.0 Å². The van der Waals surface area contributed by atoms with Crippen LogP contribution in [0.1, 0.15) is 86.0 Å². The molecule has 0 aromatic heterocycles. The number of primary amides is 1. The zero-order chi connectivity index (χ0) is 32.6. The van der Waals surface area contributed by atoms with Crippen LogP contribution in [0.3, 0.4) is 0 Å². The Labute approximate surface area is 259 Å². The largest absolute Gasteiger partial charge is 0.363 e. The Morgan fingerprint density at radius 2 is 1.66 bits per heavy atom. The number of piperidine rings is 1. The van der Waals surface area contributed by atoms with Crippen molar-refractivity contribution in [3.8, 4) is 12.3 Å². The number of rotatable bonds is 11. The summed E-state index contributed by atoms with van der Waals surface area (Å²) in [5.41, 5.74) is 3.20. The van der Waals surface area contributed by atoms with E-state index in [4.69, 9.17) is 12.2 Å². The Kier molecular flexibility index (Phi) is 9.38. The molecule has 6 N–H and O–H groups in total. The summed E-state index contributed by atoms with van der Waals surface area (Å²) < 4.78 is 0. The van der Waals surface area contributed by atoms with Gasteiger partial charge in [0.25, 0.3) is 5.91 Å². The number of Topliss-reactive ketones (excluding diaryl/α,β-unsaturated/α-hetero) is 1. The van der Waals surface area contributed by atoms with E-state index in [1.807, 2.05) is 34.6 Å². The quantitative estimate of drug-likeness (QED) is 0.171. The topological polar surface area (TPSA) is 180 Å². The first-order chi connectivity index (χ1) is 20.5. The van der Waals surface area contributed by atoms with Crippen molar-refractivity contribution in [1.29, 1.82) is 0 Å². The molecule has 6 amide bonds. The van der Waals surface area contributed by atoms with Crippen molar-refractivity contribution in [3.63, 3.8) is 0 Å². The molecule has 3 saturated carbocycles. The third-order valence-electron chi connectivity index (χ3n) is 10.1. The van der Waals surface area contributed by atoms with Crippen LogP contribution in [0.5, 0.6) is 0 Å². The highest BCUT2D eigenvalue weighted by Crippen LogP contribution is 2.65. The average molecular weight is 613 g/mol. The summed E-state index contributed by atoms with van der Waals surface area (Å²) in [6.07, 6.45) is 10.8. The molecule has 4 rings (SSSR count). The van der Waals surface area contributed by atoms with E-state index < -0.39 is 58.6 Å². The van der Waals surface area contributed by atoms with Crippen molar-refractivity contribution in [3.05, 3.63) is 0 Å². The van der Waals surface area contributed by atoms with Gasteiger partial charge in [-0.3, -0.25) is 24.0 Å². The van der Waals surface area contributed by atoms with Crippen molar-refractivity contribution >= 4 is 35.4 Å². The number of amides is 6. The van der Waals surface area contributed by atoms with E-state index in [0.29, 0.717) is 25.8 Å². The van der Waals surface area contributed by atoms with Gasteiger partial charge in [0.05, 0.1) is 12.6 Å². The maximum absolute atomic E-state index is 14.2. The second-order valence-corrected chi connectivity index (χ2v) is 14.8. The monoisotopic (exact) mass is 612 g/mol. The first-order valence-corrected chi connectivity index (χ1v) is 15.8. The molecule has 0 radical (unpaired) electrons. The average Bonchev–Trinajstić information content (AvgIpc) is 3.80. The molecule has 5 atom stereocenters. The number of ketones is 1. The van der Waals surface area contributed by atoms with Gasteiger partial charge in [-0.05, 0) is 47.8 Å². The fourth-order valence-electron chi connectivity index (χ4n) is 7.22. The zero-order valence-corrected chi connectivity index (χ0v) is 26.6. The van der Waals surface area contributed by atoms with Gasteiger partial charge >= 0.3 is 6.03 Å². The van der Waals surface area contributed by atoms with Crippen LogP contribution in [0.15, 0.2) is 0 Å². The number of nitrogens with two attached hydrogens (primary N) is 1. The molecule has 12 heteroatoms.